The van der Waals surface area contributed by atoms with Crippen LogP contribution in [0.4, 0.5) is 0 Å². The molecule has 0 spiro atoms. The number of benzene rings is 1. The van der Waals surface area contributed by atoms with E-state index in [4.69, 9.17) is 0 Å². The van der Waals surface area contributed by atoms with Crippen LogP contribution in [0.15, 0.2) is 51.9 Å². The van der Waals surface area contributed by atoms with E-state index in [-0.39, 0.29) is 0 Å². The Balaban J connectivity index is 1.82. The second kappa shape index (κ2) is 4.05. The Kier molecular flexibility index (Phi) is 2.57. The summed E-state index contributed by atoms with van der Waals surface area (Å²) in [5.74, 6) is 0. The van der Waals surface area contributed by atoms with Crippen molar-refractivity contribution in [3.05, 3.63) is 63.0 Å². The molecule has 15 heavy (non-hydrogen) atoms. The topological polar surface area (TPSA) is 0 Å². The predicted octanol–water partition coefficient (Wildman–Crippen LogP) is 3.68. The first-order chi connectivity index (χ1) is 7.43. The van der Waals surface area contributed by atoms with Gasteiger partial charge < -0.3 is 0 Å². The van der Waals surface area contributed by atoms with E-state index < -0.39 is 22.9 Å². The van der Waals surface area contributed by atoms with Crippen LogP contribution in [-0.4, -0.2) is 0 Å². The van der Waals surface area contributed by atoms with Crippen LogP contribution in [0.25, 0.3) is 6.08 Å². The van der Waals surface area contributed by atoms with Crippen LogP contribution in [-0.2, 0) is 22.9 Å². The third kappa shape index (κ3) is 1.85. The molecule has 0 aliphatic heterocycles. The van der Waals surface area contributed by atoms with E-state index in [9.17, 15) is 0 Å². The Bertz CT molecular complexity index is 466. The monoisotopic (exact) mass is 360 g/mol. The molecule has 2 aliphatic carbocycles. The summed E-state index contributed by atoms with van der Waals surface area (Å²) in [6, 6.07) is 8.84. The summed E-state index contributed by atoms with van der Waals surface area (Å²) in [7, 11) is 0. The van der Waals surface area contributed by atoms with E-state index in [0.29, 0.717) is 0 Å². The quantitative estimate of drug-likeness (QED) is 0.708. The summed E-state index contributed by atoms with van der Waals surface area (Å²) >= 11 is -0.658. The third-order valence-corrected chi connectivity index (χ3v) is 8.50. The molecule has 72 valence electrons. The Hall–Kier alpha value is -0.690. The van der Waals surface area contributed by atoms with Gasteiger partial charge in [-0.1, -0.05) is 0 Å². The van der Waals surface area contributed by atoms with E-state index in [1.807, 2.05) is 0 Å². The van der Waals surface area contributed by atoms with Crippen LogP contribution in [0.3, 0.4) is 0 Å². The van der Waals surface area contributed by atoms with E-state index in [2.05, 4.69) is 54.6 Å². The minimum absolute atomic E-state index is 0.658. The van der Waals surface area contributed by atoms with Gasteiger partial charge in [-0.3, -0.25) is 0 Å². The van der Waals surface area contributed by atoms with Crippen LogP contribution in [0.1, 0.15) is 21.2 Å². The van der Waals surface area contributed by atoms with Gasteiger partial charge in [-0.25, -0.2) is 0 Å². The maximum absolute atomic E-state index is 2.42. The average molecular weight is 359 g/mol. The Morgan fingerprint density at radius 3 is 3.00 bits per heavy atom. The molecule has 0 nitrogen and oxygen atoms in total. The van der Waals surface area contributed by atoms with Crippen molar-refractivity contribution in [1.82, 2.24) is 0 Å². The number of hydrogen-bond donors (Lipinski definition) is 0. The van der Waals surface area contributed by atoms with Gasteiger partial charge in [0, 0.05) is 0 Å². The van der Waals surface area contributed by atoms with Crippen LogP contribution in [0.5, 0.6) is 0 Å². The molecule has 2 aliphatic rings. The molecule has 0 N–H and O–H groups in total. The van der Waals surface area contributed by atoms with Gasteiger partial charge in [0.1, 0.15) is 0 Å². The van der Waals surface area contributed by atoms with Gasteiger partial charge in [0.05, 0.1) is 0 Å². The second-order valence-corrected chi connectivity index (χ2v) is 9.51. The molecule has 1 atom stereocenters. The van der Waals surface area contributed by atoms with Gasteiger partial charge >= 0.3 is 102 Å². The minimum atomic E-state index is -0.658. The molecule has 0 saturated carbocycles. The number of rotatable bonds is 2. The summed E-state index contributed by atoms with van der Waals surface area (Å²) < 4.78 is 2.55. The SMILES string of the molecule is C1=CC[C]([Hf][CH]2C=Cc3ccccc32)=C1. The normalized spacial score (nSPS) is 21.6. The zero-order valence-corrected chi connectivity index (χ0v) is 12.1. The first kappa shape index (κ1) is 9.53. The number of allylic oxidation sites excluding steroid dienone is 5. The van der Waals surface area contributed by atoms with Crippen LogP contribution in [0, 0.1) is 0 Å². The molecule has 3 rings (SSSR count). The van der Waals surface area contributed by atoms with Crippen molar-refractivity contribution >= 4 is 6.08 Å². The molecule has 0 bridgehead atoms. The summed E-state index contributed by atoms with van der Waals surface area (Å²) in [5.41, 5.74) is 3.02. The Morgan fingerprint density at radius 2 is 2.13 bits per heavy atom. The molecule has 1 unspecified atom stereocenters. The zero-order chi connectivity index (χ0) is 10.1. The molecule has 1 heteroatoms. The van der Waals surface area contributed by atoms with Gasteiger partial charge in [-0.05, 0) is 0 Å². The van der Waals surface area contributed by atoms with Crippen molar-refractivity contribution in [3.8, 4) is 0 Å². The molecule has 1 aromatic carbocycles. The summed E-state index contributed by atoms with van der Waals surface area (Å²) in [5, 5.41) is 0. The molecule has 0 aromatic heterocycles. The molecule has 0 amide bonds. The van der Waals surface area contributed by atoms with E-state index in [0.717, 1.165) is 3.67 Å². The van der Waals surface area contributed by atoms with Crippen molar-refractivity contribution < 1.29 is 22.9 Å². The molecular weight excluding hydrogens is 347 g/mol. The second-order valence-electron chi connectivity index (χ2n) is 3.93. The predicted molar refractivity (Wildman–Crippen MR) is 60.1 cm³/mol. The molecular formula is C14H12Hf. The van der Waals surface area contributed by atoms with Gasteiger partial charge in [0.15, 0.2) is 0 Å². The van der Waals surface area contributed by atoms with Crippen molar-refractivity contribution in [2.75, 3.05) is 0 Å². The van der Waals surface area contributed by atoms with Crippen LogP contribution >= 0.6 is 0 Å². The van der Waals surface area contributed by atoms with E-state index >= 15 is 0 Å². The Labute approximate surface area is 102 Å². The summed E-state index contributed by atoms with van der Waals surface area (Å²) in [6.07, 6.45) is 12.8. The fourth-order valence-electron chi connectivity index (χ4n) is 2.13. The third-order valence-electron chi connectivity index (χ3n) is 2.91. The van der Waals surface area contributed by atoms with Gasteiger partial charge in [-0.2, -0.15) is 0 Å². The molecule has 0 radical (unpaired) electrons. The summed E-state index contributed by atoms with van der Waals surface area (Å²) in [6.45, 7) is 0. The maximum atomic E-state index is 2.42. The fourth-order valence-corrected chi connectivity index (χ4v) is 7.30. The molecule has 0 heterocycles. The first-order valence-corrected chi connectivity index (χ1v) is 9.20. The average Bonchev–Trinajstić information content (AvgIpc) is 2.89. The molecule has 1 aromatic rings. The van der Waals surface area contributed by atoms with Crippen molar-refractivity contribution in [1.29, 1.82) is 0 Å². The van der Waals surface area contributed by atoms with Crippen molar-refractivity contribution in [3.63, 3.8) is 0 Å². The van der Waals surface area contributed by atoms with Crippen molar-refractivity contribution in [2.24, 2.45) is 0 Å². The number of hydrogen-bond acceptors (Lipinski definition) is 0. The van der Waals surface area contributed by atoms with Crippen LogP contribution in [0.2, 0.25) is 0 Å². The van der Waals surface area contributed by atoms with E-state index in [1.165, 1.54) is 12.0 Å². The van der Waals surface area contributed by atoms with Gasteiger partial charge in [-0.15, -0.1) is 0 Å². The van der Waals surface area contributed by atoms with Crippen LogP contribution < -0.4 is 0 Å². The fraction of sp³-hybridized carbons (Fsp3) is 0.143. The van der Waals surface area contributed by atoms with Crippen molar-refractivity contribution in [2.45, 2.75) is 10.1 Å². The van der Waals surface area contributed by atoms with E-state index in [1.54, 1.807) is 8.89 Å². The molecule has 0 fully saturated rings. The summed E-state index contributed by atoms with van der Waals surface area (Å²) in [4.78, 5) is 0. The van der Waals surface area contributed by atoms with Gasteiger partial charge in [0.25, 0.3) is 0 Å². The van der Waals surface area contributed by atoms with Gasteiger partial charge in [0.2, 0.25) is 0 Å². The Morgan fingerprint density at radius 1 is 1.20 bits per heavy atom. The standard InChI is InChI=1S/C9H7.C5H5.Hf/c1-2-5-9-7-3-6-8(9)4-1;1-2-4-5-3-1;/h1-7H;1-3H,4H2;. The zero-order valence-electron chi connectivity index (χ0n) is 8.48. The molecule has 0 saturated heterocycles. The number of fused-ring (bicyclic) bond motifs is 1. The first-order valence-electron chi connectivity index (χ1n) is 5.33.